The molecule has 0 bridgehead atoms. The summed E-state index contributed by atoms with van der Waals surface area (Å²) in [6, 6.07) is 2.97. The van der Waals surface area contributed by atoms with Crippen molar-refractivity contribution in [3.8, 4) is 0 Å². The Bertz CT molecular complexity index is 390. The lowest BCUT2D eigenvalue weighted by atomic mass is 9.76. The van der Waals surface area contributed by atoms with E-state index < -0.39 is 0 Å². The fourth-order valence-electron chi connectivity index (χ4n) is 3.48. The standard InChI is InChI=1S/C17H28BrNS/c1-3-8-19-17(11-16-10-15(18)12-20-16)14-7-5-6-13(4-2)9-14/h10,12-14,17,19H,3-9,11H2,1-2H3. The van der Waals surface area contributed by atoms with Crippen LogP contribution < -0.4 is 5.32 Å². The van der Waals surface area contributed by atoms with Gasteiger partial charge in [0.1, 0.15) is 0 Å². The van der Waals surface area contributed by atoms with E-state index in [1.54, 1.807) is 0 Å². The lowest BCUT2D eigenvalue weighted by molar-refractivity contribution is 0.208. The third-order valence-corrected chi connectivity index (χ3v) is 6.39. The van der Waals surface area contributed by atoms with Crippen molar-refractivity contribution in [2.45, 2.75) is 64.8 Å². The summed E-state index contributed by atoms with van der Waals surface area (Å²) in [6.45, 7) is 5.78. The maximum absolute atomic E-state index is 3.83. The van der Waals surface area contributed by atoms with E-state index in [-0.39, 0.29) is 0 Å². The van der Waals surface area contributed by atoms with E-state index in [4.69, 9.17) is 0 Å². The molecule has 1 saturated carbocycles. The molecule has 0 aromatic carbocycles. The topological polar surface area (TPSA) is 12.0 Å². The molecule has 0 saturated heterocycles. The van der Waals surface area contributed by atoms with Crippen LogP contribution in [0.2, 0.25) is 0 Å². The summed E-state index contributed by atoms with van der Waals surface area (Å²) >= 11 is 5.48. The number of halogens is 1. The first-order valence-electron chi connectivity index (χ1n) is 8.19. The molecule has 114 valence electrons. The van der Waals surface area contributed by atoms with E-state index in [1.165, 1.54) is 54.3 Å². The summed E-state index contributed by atoms with van der Waals surface area (Å²) in [5, 5.41) is 6.04. The first-order chi connectivity index (χ1) is 9.72. The van der Waals surface area contributed by atoms with E-state index in [9.17, 15) is 0 Å². The van der Waals surface area contributed by atoms with Crippen molar-refractivity contribution >= 4 is 27.3 Å². The van der Waals surface area contributed by atoms with Gasteiger partial charge in [-0.2, -0.15) is 0 Å². The molecular weight excluding hydrogens is 330 g/mol. The van der Waals surface area contributed by atoms with Crippen molar-refractivity contribution in [2.75, 3.05) is 6.54 Å². The van der Waals surface area contributed by atoms with Gasteiger partial charge in [-0.3, -0.25) is 0 Å². The highest BCUT2D eigenvalue weighted by molar-refractivity contribution is 9.10. The second-order valence-corrected chi connectivity index (χ2v) is 8.11. The Morgan fingerprint density at radius 2 is 2.25 bits per heavy atom. The minimum absolute atomic E-state index is 0.676. The van der Waals surface area contributed by atoms with Gasteiger partial charge >= 0.3 is 0 Å². The van der Waals surface area contributed by atoms with E-state index in [2.05, 4.69) is 46.5 Å². The minimum atomic E-state index is 0.676. The molecule has 1 N–H and O–H groups in total. The molecule has 1 aromatic heterocycles. The monoisotopic (exact) mass is 357 g/mol. The second-order valence-electron chi connectivity index (χ2n) is 6.20. The number of hydrogen-bond acceptors (Lipinski definition) is 2. The predicted octanol–water partition coefficient (Wildman–Crippen LogP) is 5.64. The van der Waals surface area contributed by atoms with Crippen LogP contribution in [0.15, 0.2) is 15.9 Å². The van der Waals surface area contributed by atoms with E-state index in [0.717, 1.165) is 18.4 Å². The van der Waals surface area contributed by atoms with Gasteiger partial charge in [-0.25, -0.2) is 0 Å². The molecule has 1 fully saturated rings. The Morgan fingerprint density at radius 3 is 2.90 bits per heavy atom. The van der Waals surface area contributed by atoms with Crippen molar-refractivity contribution in [2.24, 2.45) is 11.8 Å². The Hall–Kier alpha value is 0.140. The van der Waals surface area contributed by atoms with Crippen molar-refractivity contribution in [1.29, 1.82) is 0 Å². The van der Waals surface area contributed by atoms with Gasteiger partial charge in [0.05, 0.1) is 0 Å². The fraction of sp³-hybridized carbons (Fsp3) is 0.765. The molecule has 1 aromatic rings. The molecule has 3 heteroatoms. The fourth-order valence-corrected chi connectivity index (χ4v) is 4.99. The summed E-state index contributed by atoms with van der Waals surface area (Å²) in [5.74, 6) is 1.84. The SMILES string of the molecule is CCCNC(Cc1cc(Br)cs1)C1CCCC(CC)C1. The van der Waals surface area contributed by atoms with Crippen molar-refractivity contribution in [3.05, 3.63) is 20.8 Å². The van der Waals surface area contributed by atoms with Crippen LogP contribution in [0.1, 0.15) is 57.2 Å². The Kier molecular flexibility index (Phi) is 7.06. The van der Waals surface area contributed by atoms with Crippen LogP contribution in [0.5, 0.6) is 0 Å². The van der Waals surface area contributed by atoms with Gasteiger partial charge in [0, 0.05) is 20.8 Å². The van der Waals surface area contributed by atoms with E-state index in [1.807, 2.05) is 11.3 Å². The molecule has 0 aliphatic heterocycles. The summed E-state index contributed by atoms with van der Waals surface area (Å²) < 4.78 is 1.24. The summed E-state index contributed by atoms with van der Waals surface area (Å²) in [7, 11) is 0. The zero-order chi connectivity index (χ0) is 14.4. The zero-order valence-corrected chi connectivity index (χ0v) is 15.2. The molecule has 0 radical (unpaired) electrons. The van der Waals surface area contributed by atoms with Gasteiger partial charge in [-0.1, -0.05) is 33.1 Å². The maximum atomic E-state index is 3.83. The second kappa shape index (κ2) is 8.55. The molecular formula is C17H28BrNS. The van der Waals surface area contributed by atoms with Crippen LogP contribution in [0.25, 0.3) is 0 Å². The molecule has 1 nitrogen and oxygen atoms in total. The number of nitrogens with one attached hydrogen (secondary N) is 1. The van der Waals surface area contributed by atoms with Crippen molar-refractivity contribution < 1.29 is 0 Å². The number of hydrogen-bond donors (Lipinski definition) is 1. The van der Waals surface area contributed by atoms with Gasteiger partial charge in [0.25, 0.3) is 0 Å². The number of thiophene rings is 1. The molecule has 1 aliphatic carbocycles. The van der Waals surface area contributed by atoms with E-state index >= 15 is 0 Å². The van der Waals surface area contributed by atoms with Crippen LogP contribution >= 0.6 is 27.3 Å². The van der Waals surface area contributed by atoms with Gasteiger partial charge in [0.15, 0.2) is 0 Å². The molecule has 1 heterocycles. The van der Waals surface area contributed by atoms with Crippen LogP contribution in [0.4, 0.5) is 0 Å². The van der Waals surface area contributed by atoms with Crippen molar-refractivity contribution in [1.82, 2.24) is 5.32 Å². The quantitative estimate of drug-likeness (QED) is 0.665. The number of rotatable bonds is 7. The van der Waals surface area contributed by atoms with Crippen LogP contribution in [-0.2, 0) is 6.42 Å². The first kappa shape index (κ1) is 16.5. The largest absolute Gasteiger partial charge is 0.313 e. The van der Waals surface area contributed by atoms with Gasteiger partial charge in [-0.05, 0) is 66.1 Å². The third kappa shape index (κ3) is 4.85. The summed E-state index contributed by atoms with van der Waals surface area (Å²) in [5.41, 5.74) is 0. The van der Waals surface area contributed by atoms with Gasteiger partial charge in [0.2, 0.25) is 0 Å². The Balaban J connectivity index is 1.98. The normalized spacial score (nSPS) is 24.8. The van der Waals surface area contributed by atoms with E-state index in [0.29, 0.717) is 6.04 Å². The molecule has 20 heavy (non-hydrogen) atoms. The third-order valence-electron chi connectivity index (χ3n) is 4.67. The van der Waals surface area contributed by atoms with Gasteiger partial charge in [-0.15, -0.1) is 11.3 Å². The summed E-state index contributed by atoms with van der Waals surface area (Å²) in [4.78, 5) is 1.52. The molecule has 0 spiro atoms. The zero-order valence-electron chi connectivity index (χ0n) is 12.8. The molecule has 1 aliphatic rings. The Labute approximate surface area is 136 Å². The van der Waals surface area contributed by atoms with Crippen LogP contribution in [-0.4, -0.2) is 12.6 Å². The van der Waals surface area contributed by atoms with Crippen molar-refractivity contribution in [3.63, 3.8) is 0 Å². The first-order valence-corrected chi connectivity index (χ1v) is 9.86. The average molecular weight is 358 g/mol. The average Bonchev–Trinajstić information content (AvgIpc) is 2.88. The minimum Gasteiger partial charge on any atom is -0.313 e. The van der Waals surface area contributed by atoms with Crippen LogP contribution in [0.3, 0.4) is 0 Å². The highest BCUT2D eigenvalue weighted by atomic mass is 79.9. The lowest BCUT2D eigenvalue weighted by Gasteiger charge is -2.35. The maximum Gasteiger partial charge on any atom is 0.0285 e. The highest BCUT2D eigenvalue weighted by Gasteiger charge is 2.27. The van der Waals surface area contributed by atoms with Gasteiger partial charge < -0.3 is 5.32 Å². The smallest absolute Gasteiger partial charge is 0.0285 e. The molecule has 0 amide bonds. The van der Waals surface area contributed by atoms with Crippen LogP contribution in [0, 0.1) is 11.8 Å². The molecule has 3 atom stereocenters. The molecule has 2 rings (SSSR count). The lowest BCUT2D eigenvalue weighted by Crippen LogP contribution is -2.40. The predicted molar refractivity (Wildman–Crippen MR) is 93.5 cm³/mol. The Morgan fingerprint density at radius 1 is 1.40 bits per heavy atom. The summed E-state index contributed by atoms with van der Waals surface area (Å²) in [6.07, 6.45) is 9.54. The molecule has 3 unspecified atom stereocenters. The highest BCUT2D eigenvalue weighted by Crippen LogP contribution is 2.34.